The number of furan rings is 1. The minimum absolute atomic E-state index is 0.872. The van der Waals surface area contributed by atoms with Crippen molar-refractivity contribution in [3.63, 3.8) is 0 Å². The summed E-state index contributed by atoms with van der Waals surface area (Å²) in [4.78, 5) is 5.46. The van der Waals surface area contributed by atoms with E-state index in [1.54, 1.807) is 0 Å². The standard InChI is InChI=1S/C59H38N2O/c1-3-13-39(14-4-1)41-25-27-43(28-26-41)48-37-54(44-31-29-42(30-32-44)40-15-5-2-6-16-40)60-58(38-48)61-55-23-9-7-19-50(55)53-36-46(33-34-56(53)61)45-17-11-18-47(35-45)49-21-12-22-52-51-20-8-10-24-57(51)62-59(49)52/h1-38H. The van der Waals surface area contributed by atoms with E-state index in [0.29, 0.717) is 0 Å². The van der Waals surface area contributed by atoms with Gasteiger partial charge in [0.25, 0.3) is 0 Å². The molecule has 0 amide bonds. The highest BCUT2D eigenvalue weighted by atomic mass is 16.3. The van der Waals surface area contributed by atoms with E-state index in [9.17, 15) is 0 Å². The molecule has 3 heteroatoms. The van der Waals surface area contributed by atoms with Crippen LogP contribution in [0.25, 0.3) is 116 Å². The monoisotopic (exact) mass is 790 g/mol. The van der Waals surface area contributed by atoms with Gasteiger partial charge in [-0.15, -0.1) is 0 Å². The van der Waals surface area contributed by atoms with Gasteiger partial charge in [0.15, 0.2) is 0 Å². The second kappa shape index (κ2) is 14.8. The van der Waals surface area contributed by atoms with Crippen molar-refractivity contribution >= 4 is 43.7 Å². The van der Waals surface area contributed by atoms with Crippen molar-refractivity contribution in [1.82, 2.24) is 9.55 Å². The molecule has 0 aliphatic rings. The maximum Gasteiger partial charge on any atom is 0.143 e. The van der Waals surface area contributed by atoms with E-state index in [-0.39, 0.29) is 0 Å². The normalized spacial score (nSPS) is 11.5. The van der Waals surface area contributed by atoms with E-state index in [1.165, 1.54) is 33.0 Å². The summed E-state index contributed by atoms with van der Waals surface area (Å²) in [5, 5.41) is 4.63. The number of pyridine rings is 1. The van der Waals surface area contributed by atoms with E-state index in [1.807, 2.05) is 12.1 Å². The summed E-state index contributed by atoms with van der Waals surface area (Å²) < 4.78 is 8.78. The van der Waals surface area contributed by atoms with Gasteiger partial charge in [0, 0.05) is 32.7 Å². The van der Waals surface area contributed by atoms with Crippen molar-refractivity contribution in [3.8, 4) is 72.7 Å². The Labute approximate surface area is 359 Å². The Balaban J connectivity index is 0.991. The Kier molecular flexibility index (Phi) is 8.50. The van der Waals surface area contributed by atoms with E-state index in [2.05, 4.69) is 223 Å². The predicted molar refractivity (Wildman–Crippen MR) is 258 cm³/mol. The first kappa shape index (κ1) is 35.7. The van der Waals surface area contributed by atoms with Gasteiger partial charge in [0.05, 0.1) is 16.7 Å². The lowest BCUT2D eigenvalue weighted by molar-refractivity contribution is 0.670. The molecule has 0 aliphatic heterocycles. The number of aromatic nitrogens is 2. The first-order chi connectivity index (χ1) is 30.7. The molecular formula is C59H38N2O. The van der Waals surface area contributed by atoms with Crippen molar-refractivity contribution in [3.05, 3.63) is 231 Å². The fourth-order valence-corrected chi connectivity index (χ4v) is 9.13. The highest BCUT2D eigenvalue weighted by Gasteiger charge is 2.18. The Hall–Kier alpha value is -8.27. The Bertz CT molecular complexity index is 3500. The fraction of sp³-hybridized carbons (Fsp3) is 0. The number of hydrogen-bond acceptors (Lipinski definition) is 2. The lowest BCUT2D eigenvalue weighted by Gasteiger charge is -2.14. The second-order valence-corrected chi connectivity index (χ2v) is 15.9. The van der Waals surface area contributed by atoms with Gasteiger partial charge >= 0.3 is 0 Å². The average molecular weight is 791 g/mol. The second-order valence-electron chi connectivity index (χ2n) is 15.9. The molecule has 9 aromatic carbocycles. The molecule has 0 atom stereocenters. The zero-order valence-electron chi connectivity index (χ0n) is 33.7. The first-order valence-corrected chi connectivity index (χ1v) is 21.1. The molecule has 0 fully saturated rings. The summed E-state index contributed by atoms with van der Waals surface area (Å²) in [5.74, 6) is 0.872. The molecule has 0 N–H and O–H groups in total. The number of benzene rings is 9. The molecule has 290 valence electrons. The van der Waals surface area contributed by atoms with Crippen LogP contribution in [0.1, 0.15) is 0 Å². The maximum atomic E-state index is 6.45. The molecule has 0 spiro atoms. The highest BCUT2D eigenvalue weighted by Crippen LogP contribution is 2.40. The lowest BCUT2D eigenvalue weighted by atomic mass is 9.97. The number of hydrogen-bond donors (Lipinski definition) is 0. The summed E-state index contributed by atoms with van der Waals surface area (Å²) in [7, 11) is 0. The molecule has 62 heavy (non-hydrogen) atoms. The van der Waals surface area contributed by atoms with Gasteiger partial charge in [-0.05, 0) is 92.5 Å². The van der Waals surface area contributed by atoms with Crippen molar-refractivity contribution in [2.75, 3.05) is 0 Å². The molecule has 0 radical (unpaired) electrons. The molecule has 0 saturated carbocycles. The largest absolute Gasteiger partial charge is 0.455 e. The van der Waals surface area contributed by atoms with Crippen LogP contribution < -0.4 is 0 Å². The van der Waals surface area contributed by atoms with Crippen LogP contribution in [0.2, 0.25) is 0 Å². The molecule has 3 heterocycles. The minimum Gasteiger partial charge on any atom is -0.455 e. The van der Waals surface area contributed by atoms with Crippen LogP contribution in [-0.2, 0) is 0 Å². The van der Waals surface area contributed by atoms with Crippen LogP contribution in [0, 0.1) is 0 Å². The summed E-state index contributed by atoms with van der Waals surface area (Å²) in [6, 6.07) is 82.2. The van der Waals surface area contributed by atoms with Gasteiger partial charge in [-0.25, -0.2) is 4.98 Å². The van der Waals surface area contributed by atoms with E-state index in [4.69, 9.17) is 9.40 Å². The van der Waals surface area contributed by atoms with Gasteiger partial charge in [-0.2, -0.15) is 0 Å². The van der Waals surface area contributed by atoms with Gasteiger partial charge < -0.3 is 4.42 Å². The Morgan fingerprint density at radius 2 is 0.823 bits per heavy atom. The quantitative estimate of drug-likeness (QED) is 0.161. The number of nitrogens with zero attached hydrogens (tertiary/aromatic N) is 2. The van der Waals surface area contributed by atoms with Crippen LogP contribution in [0.15, 0.2) is 235 Å². The van der Waals surface area contributed by atoms with Crippen molar-refractivity contribution in [2.45, 2.75) is 0 Å². The molecule has 12 aromatic rings. The summed E-state index contributed by atoms with van der Waals surface area (Å²) in [6.07, 6.45) is 0. The molecule has 0 aliphatic carbocycles. The third-order valence-electron chi connectivity index (χ3n) is 12.2. The summed E-state index contributed by atoms with van der Waals surface area (Å²) in [5.41, 5.74) is 17.5. The maximum absolute atomic E-state index is 6.45. The molecule has 3 nitrogen and oxygen atoms in total. The third kappa shape index (κ3) is 6.18. The molecule has 3 aromatic heterocycles. The van der Waals surface area contributed by atoms with Gasteiger partial charge in [-0.3, -0.25) is 4.57 Å². The van der Waals surface area contributed by atoms with Crippen LogP contribution in [0.5, 0.6) is 0 Å². The van der Waals surface area contributed by atoms with Crippen LogP contribution >= 0.6 is 0 Å². The van der Waals surface area contributed by atoms with Gasteiger partial charge in [0.1, 0.15) is 17.0 Å². The molecular weight excluding hydrogens is 753 g/mol. The Morgan fingerprint density at radius 3 is 1.56 bits per heavy atom. The third-order valence-corrected chi connectivity index (χ3v) is 12.2. The summed E-state index contributed by atoms with van der Waals surface area (Å²) >= 11 is 0. The number of rotatable bonds is 7. The fourth-order valence-electron chi connectivity index (χ4n) is 9.13. The van der Waals surface area contributed by atoms with Crippen molar-refractivity contribution in [1.29, 1.82) is 0 Å². The number of para-hydroxylation sites is 3. The van der Waals surface area contributed by atoms with Crippen molar-refractivity contribution in [2.24, 2.45) is 0 Å². The minimum atomic E-state index is 0.872. The lowest BCUT2D eigenvalue weighted by Crippen LogP contribution is -2.00. The van der Waals surface area contributed by atoms with E-state index >= 15 is 0 Å². The molecule has 0 bridgehead atoms. The average Bonchev–Trinajstić information content (AvgIpc) is 3.90. The zero-order chi connectivity index (χ0) is 41.0. The van der Waals surface area contributed by atoms with Gasteiger partial charge in [0.2, 0.25) is 0 Å². The van der Waals surface area contributed by atoms with Crippen LogP contribution in [-0.4, -0.2) is 9.55 Å². The van der Waals surface area contributed by atoms with E-state index in [0.717, 1.165) is 83.4 Å². The van der Waals surface area contributed by atoms with Crippen LogP contribution in [0.4, 0.5) is 0 Å². The first-order valence-electron chi connectivity index (χ1n) is 21.1. The Morgan fingerprint density at radius 1 is 0.306 bits per heavy atom. The summed E-state index contributed by atoms with van der Waals surface area (Å²) in [6.45, 7) is 0. The van der Waals surface area contributed by atoms with Gasteiger partial charge in [-0.1, -0.05) is 188 Å². The van der Waals surface area contributed by atoms with Crippen molar-refractivity contribution < 1.29 is 4.42 Å². The van der Waals surface area contributed by atoms with E-state index < -0.39 is 0 Å². The topological polar surface area (TPSA) is 31.0 Å². The highest BCUT2D eigenvalue weighted by molar-refractivity contribution is 6.11. The molecule has 12 rings (SSSR count). The number of fused-ring (bicyclic) bond motifs is 6. The predicted octanol–water partition coefficient (Wildman–Crippen LogP) is 16.1. The van der Waals surface area contributed by atoms with Crippen LogP contribution in [0.3, 0.4) is 0 Å². The zero-order valence-corrected chi connectivity index (χ0v) is 33.7. The molecule has 0 saturated heterocycles. The molecule has 0 unspecified atom stereocenters. The SMILES string of the molecule is c1ccc(-c2ccc(-c3cc(-c4ccc(-c5ccccc5)cc4)nc(-n4c5ccccc5c5cc(-c6cccc(-c7cccc8c7oc7ccccc78)c6)ccc54)c3)cc2)cc1. The smallest absolute Gasteiger partial charge is 0.143 e.